The summed E-state index contributed by atoms with van der Waals surface area (Å²) in [4.78, 5) is 0. The Morgan fingerprint density at radius 3 is 2.37 bits per heavy atom. The number of hydrogen-bond donors (Lipinski definition) is 2. The van der Waals surface area contributed by atoms with Crippen LogP contribution in [0.25, 0.3) is 0 Å². The minimum absolute atomic E-state index is 0.500. The number of rotatable bonds is 6. The first-order chi connectivity index (χ1) is 8.59. The number of sulfonamides is 1. The zero-order chi connectivity index (χ0) is 14.7. The summed E-state index contributed by atoms with van der Waals surface area (Å²) < 4.78 is 24.9. The number of halogens is 2. The number of nitrogens with one attached hydrogen (secondary N) is 2. The van der Waals surface area contributed by atoms with E-state index >= 15 is 0 Å². The van der Waals surface area contributed by atoms with Crippen molar-refractivity contribution < 1.29 is 8.42 Å². The lowest BCUT2D eigenvalue weighted by atomic mass is 10.1. The van der Waals surface area contributed by atoms with Gasteiger partial charge >= 0.3 is 0 Å². The van der Waals surface area contributed by atoms with Gasteiger partial charge in [-0.25, -0.2) is 13.1 Å². The number of hydrogen-bond acceptors (Lipinski definition) is 3. The van der Waals surface area contributed by atoms with Crippen molar-refractivity contribution in [3.63, 3.8) is 0 Å². The standard InChI is InChI=1S/C12H18Cl2N2O2S/c1-12(2,16-19(3,17)18)8-15-7-9-4-5-10(13)11(14)6-9/h4-6,15-16H,7-8H2,1-3H3. The summed E-state index contributed by atoms with van der Waals surface area (Å²) in [6.07, 6.45) is 1.15. The maximum absolute atomic E-state index is 11.2. The molecule has 0 spiro atoms. The Balaban J connectivity index is 2.51. The van der Waals surface area contributed by atoms with Crippen molar-refractivity contribution in [2.75, 3.05) is 12.8 Å². The van der Waals surface area contributed by atoms with Gasteiger partial charge in [-0.3, -0.25) is 0 Å². The van der Waals surface area contributed by atoms with E-state index in [0.29, 0.717) is 23.1 Å². The van der Waals surface area contributed by atoms with Crippen molar-refractivity contribution in [2.45, 2.75) is 25.9 Å². The van der Waals surface area contributed by atoms with Gasteiger partial charge in [-0.2, -0.15) is 0 Å². The van der Waals surface area contributed by atoms with Crippen LogP contribution in [0.5, 0.6) is 0 Å². The molecule has 4 nitrogen and oxygen atoms in total. The van der Waals surface area contributed by atoms with Gasteiger partial charge in [0.2, 0.25) is 10.0 Å². The highest BCUT2D eigenvalue weighted by molar-refractivity contribution is 7.88. The van der Waals surface area contributed by atoms with E-state index in [4.69, 9.17) is 23.2 Å². The highest BCUT2D eigenvalue weighted by Crippen LogP contribution is 2.22. The van der Waals surface area contributed by atoms with Crippen LogP contribution < -0.4 is 10.0 Å². The fourth-order valence-electron chi connectivity index (χ4n) is 1.71. The average Bonchev–Trinajstić information content (AvgIpc) is 2.19. The first-order valence-electron chi connectivity index (χ1n) is 5.73. The second-order valence-electron chi connectivity index (χ2n) is 5.11. The average molecular weight is 325 g/mol. The monoisotopic (exact) mass is 324 g/mol. The largest absolute Gasteiger partial charge is 0.311 e. The third kappa shape index (κ3) is 6.58. The third-order valence-corrected chi connectivity index (χ3v) is 4.00. The molecule has 0 saturated carbocycles. The van der Waals surface area contributed by atoms with E-state index in [1.165, 1.54) is 0 Å². The topological polar surface area (TPSA) is 58.2 Å². The number of benzene rings is 1. The molecule has 1 rings (SSSR count). The minimum atomic E-state index is -3.22. The van der Waals surface area contributed by atoms with Gasteiger partial charge in [-0.05, 0) is 31.5 Å². The minimum Gasteiger partial charge on any atom is -0.311 e. The first-order valence-corrected chi connectivity index (χ1v) is 8.37. The molecule has 2 N–H and O–H groups in total. The van der Waals surface area contributed by atoms with Gasteiger partial charge in [0.15, 0.2) is 0 Å². The second-order valence-corrected chi connectivity index (χ2v) is 7.67. The molecule has 0 unspecified atom stereocenters. The van der Waals surface area contributed by atoms with E-state index < -0.39 is 15.6 Å². The summed E-state index contributed by atoms with van der Waals surface area (Å²) >= 11 is 11.7. The molecule has 0 aliphatic rings. The Bertz CT molecular complexity index is 545. The summed E-state index contributed by atoms with van der Waals surface area (Å²) in [5.41, 5.74) is 0.439. The van der Waals surface area contributed by atoms with E-state index in [2.05, 4.69) is 10.0 Å². The lowest BCUT2D eigenvalue weighted by molar-refractivity contribution is 0.421. The van der Waals surface area contributed by atoms with Crippen molar-refractivity contribution in [2.24, 2.45) is 0 Å². The van der Waals surface area contributed by atoms with E-state index in [1.54, 1.807) is 12.1 Å². The van der Waals surface area contributed by atoms with Crippen LogP contribution in [0, 0.1) is 0 Å². The normalized spacial score (nSPS) is 12.7. The molecule has 0 amide bonds. The molecule has 1 aromatic rings. The Kier molecular flexibility index (Phi) is 5.65. The second kappa shape index (κ2) is 6.41. The van der Waals surface area contributed by atoms with Gasteiger partial charge < -0.3 is 5.32 Å². The van der Waals surface area contributed by atoms with Crippen molar-refractivity contribution >= 4 is 33.2 Å². The quantitative estimate of drug-likeness (QED) is 0.844. The Labute approximate surface area is 124 Å². The molecule has 19 heavy (non-hydrogen) atoms. The van der Waals surface area contributed by atoms with Gasteiger partial charge in [0, 0.05) is 18.6 Å². The molecule has 0 heterocycles. The maximum atomic E-state index is 11.2. The van der Waals surface area contributed by atoms with Crippen LogP contribution in [-0.4, -0.2) is 26.8 Å². The summed E-state index contributed by atoms with van der Waals surface area (Å²) in [6, 6.07) is 5.40. The summed E-state index contributed by atoms with van der Waals surface area (Å²) in [7, 11) is -3.22. The maximum Gasteiger partial charge on any atom is 0.209 e. The van der Waals surface area contributed by atoms with Crippen LogP contribution in [0.1, 0.15) is 19.4 Å². The van der Waals surface area contributed by atoms with Crippen molar-refractivity contribution in [3.8, 4) is 0 Å². The van der Waals surface area contributed by atoms with E-state index in [-0.39, 0.29) is 0 Å². The fraction of sp³-hybridized carbons (Fsp3) is 0.500. The predicted molar refractivity (Wildman–Crippen MR) is 80.2 cm³/mol. The third-order valence-electron chi connectivity index (χ3n) is 2.34. The molecule has 0 atom stereocenters. The molecule has 0 radical (unpaired) electrons. The summed E-state index contributed by atoms with van der Waals surface area (Å²) in [5.74, 6) is 0. The van der Waals surface area contributed by atoms with Crippen molar-refractivity contribution in [3.05, 3.63) is 33.8 Å². The Hall–Kier alpha value is -0.330. The highest BCUT2D eigenvalue weighted by atomic mass is 35.5. The molecular weight excluding hydrogens is 307 g/mol. The van der Waals surface area contributed by atoms with Gasteiger partial charge in [0.05, 0.1) is 16.3 Å². The molecule has 0 bridgehead atoms. The van der Waals surface area contributed by atoms with Gasteiger partial charge in [-0.15, -0.1) is 0 Å². The van der Waals surface area contributed by atoms with Crippen LogP contribution in [0.15, 0.2) is 18.2 Å². The molecule has 0 aromatic heterocycles. The SMILES string of the molecule is CC(C)(CNCc1ccc(Cl)c(Cl)c1)NS(C)(=O)=O. The molecule has 0 saturated heterocycles. The molecule has 7 heteroatoms. The summed E-state index contributed by atoms with van der Waals surface area (Å²) in [6.45, 7) is 4.72. The lowest BCUT2D eigenvalue weighted by Gasteiger charge is -2.25. The van der Waals surface area contributed by atoms with Gasteiger partial charge in [-0.1, -0.05) is 29.3 Å². The van der Waals surface area contributed by atoms with Crippen molar-refractivity contribution in [1.82, 2.24) is 10.0 Å². The van der Waals surface area contributed by atoms with Crippen molar-refractivity contribution in [1.29, 1.82) is 0 Å². The van der Waals surface area contributed by atoms with Crippen LogP contribution in [0.4, 0.5) is 0 Å². The summed E-state index contributed by atoms with van der Waals surface area (Å²) in [5, 5.41) is 4.21. The van der Waals surface area contributed by atoms with Crippen LogP contribution in [-0.2, 0) is 16.6 Å². The van der Waals surface area contributed by atoms with Gasteiger partial charge in [0.25, 0.3) is 0 Å². The van der Waals surface area contributed by atoms with Crippen LogP contribution in [0.2, 0.25) is 10.0 Å². The van der Waals surface area contributed by atoms with Crippen LogP contribution in [0.3, 0.4) is 0 Å². The smallest absolute Gasteiger partial charge is 0.209 e. The zero-order valence-electron chi connectivity index (χ0n) is 11.1. The molecular formula is C12H18Cl2N2O2S. The highest BCUT2D eigenvalue weighted by Gasteiger charge is 2.21. The van der Waals surface area contributed by atoms with E-state index in [9.17, 15) is 8.42 Å². The van der Waals surface area contributed by atoms with E-state index in [0.717, 1.165) is 11.8 Å². The molecule has 0 fully saturated rings. The molecule has 108 valence electrons. The molecule has 1 aromatic carbocycles. The molecule has 0 aliphatic heterocycles. The molecule has 0 aliphatic carbocycles. The fourth-order valence-corrected chi connectivity index (χ4v) is 3.10. The Morgan fingerprint density at radius 1 is 1.21 bits per heavy atom. The predicted octanol–water partition coefficient (Wildman–Crippen LogP) is 2.41. The van der Waals surface area contributed by atoms with Crippen LogP contribution >= 0.6 is 23.2 Å². The van der Waals surface area contributed by atoms with E-state index in [1.807, 2.05) is 19.9 Å². The first kappa shape index (κ1) is 16.7. The Morgan fingerprint density at radius 2 is 1.84 bits per heavy atom. The lowest BCUT2D eigenvalue weighted by Crippen LogP contribution is -2.49. The van der Waals surface area contributed by atoms with Gasteiger partial charge in [0.1, 0.15) is 0 Å². The zero-order valence-corrected chi connectivity index (χ0v) is 13.5.